The molecule has 28 heavy (non-hydrogen) atoms. The highest BCUT2D eigenvalue weighted by Crippen LogP contribution is 2.62. The quantitative estimate of drug-likeness (QED) is 0.467. The smallest absolute Gasteiger partial charge is 0.331 e. The van der Waals surface area contributed by atoms with Crippen molar-refractivity contribution in [3.05, 3.63) is 35.5 Å². The predicted molar refractivity (Wildman–Crippen MR) is 114 cm³/mol. The molecule has 0 aromatic carbocycles. The molecule has 3 heteroatoms. The molecule has 3 nitrogen and oxygen atoms in total. The second-order valence-electron chi connectivity index (χ2n) is 10.0. The third kappa shape index (κ3) is 4.01. The largest absolute Gasteiger partial charge is 0.458 e. The standard InChI is InChI=1S/C25H38O3/c1-17(9-10-21(26)20-15-23(27)28-16-20)11-13-24(4)19(3)12-14-25(5)18(2)7-6-8-22(24)25/h9,15,19,21-22,26H,2,6-8,10-14,16H2,1,3-5H3/b17-9+/t19-,21-,22-,24+,25+/m0/s1. The average molecular weight is 387 g/mol. The first-order valence-corrected chi connectivity index (χ1v) is 11.1. The maximum atomic E-state index is 11.2. The molecule has 1 aliphatic heterocycles. The fourth-order valence-corrected chi connectivity index (χ4v) is 6.00. The zero-order valence-electron chi connectivity index (χ0n) is 18.2. The lowest BCUT2D eigenvalue weighted by Gasteiger charge is -2.59. The van der Waals surface area contributed by atoms with Gasteiger partial charge in [-0.1, -0.05) is 44.6 Å². The number of fused-ring (bicyclic) bond motifs is 1. The Morgan fingerprint density at radius 3 is 2.86 bits per heavy atom. The number of ether oxygens (including phenoxy) is 1. The van der Waals surface area contributed by atoms with E-state index in [0.29, 0.717) is 22.8 Å². The minimum atomic E-state index is -0.615. The van der Waals surface area contributed by atoms with Gasteiger partial charge < -0.3 is 9.84 Å². The Hall–Kier alpha value is -1.35. The van der Waals surface area contributed by atoms with Gasteiger partial charge in [0.1, 0.15) is 6.61 Å². The maximum absolute atomic E-state index is 11.2. The van der Waals surface area contributed by atoms with Crippen LogP contribution < -0.4 is 0 Å². The first kappa shape index (κ1) is 21.4. The molecule has 0 spiro atoms. The summed E-state index contributed by atoms with van der Waals surface area (Å²) in [5.41, 5.74) is 4.17. The van der Waals surface area contributed by atoms with Gasteiger partial charge >= 0.3 is 5.97 Å². The molecule has 1 heterocycles. The fraction of sp³-hybridized carbons (Fsp3) is 0.720. The Morgan fingerprint density at radius 2 is 2.18 bits per heavy atom. The zero-order chi connectivity index (χ0) is 20.5. The van der Waals surface area contributed by atoms with Crippen LogP contribution in [0.15, 0.2) is 35.5 Å². The molecular weight excluding hydrogens is 348 g/mol. The predicted octanol–water partition coefficient (Wildman–Crippen LogP) is 5.75. The summed E-state index contributed by atoms with van der Waals surface area (Å²) in [5, 5.41) is 10.3. The van der Waals surface area contributed by atoms with Crippen molar-refractivity contribution < 1.29 is 14.6 Å². The highest BCUT2D eigenvalue weighted by atomic mass is 16.5. The van der Waals surface area contributed by atoms with Gasteiger partial charge in [-0.2, -0.15) is 0 Å². The summed E-state index contributed by atoms with van der Waals surface area (Å²) in [6.07, 6.45) is 12.2. The van der Waals surface area contributed by atoms with E-state index in [1.54, 1.807) is 0 Å². The number of aliphatic hydroxyl groups excluding tert-OH is 1. The molecule has 0 unspecified atom stereocenters. The molecule has 0 bridgehead atoms. The Labute approximate surface area is 170 Å². The fourth-order valence-electron chi connectivity index (χ4n) is 6.00. The average Bonchev–Trinajstić information content (AvgIpc) is 3.10. The minimum absolute atomic E-state index is 0.229. The summed E-state index contributed by atoms with van der Waals surface area (Å²) >= 11 is 0. The molecule has 0 saturated heterocycles. The van der Waals surface area contributed by atoms with Gasteiger partial charge in [-0.15, -0.1) is 0 Å². The number of hydrogen-bond acceptors (Lipinski definition) is 3. The number of allylic oxidation sites excluding steroid dienone is 2. The van der Waals surface area contributed by atoms with E-state index in [2.05, 4.69) is 40.3 Å². The van der Waals surface area contributed by atoms with E-state index in [9.17, 15) is 9.90 Å². The molecule has 5 atom stereocenters. The van der Waals surface area contributed by atoms with Crippen LogP contribution in [-0.2, 0) is 9.53 Å². The summed E-state index contributed by atoms with van der Waals surface area (Å²) in [6, 6.07) is 0. The van der Waals surface area contributed by atoms with Crippen LogP contribution in [0.1, 0.15) is 79.1 Å². The van der Waals surface area contributed by atoms with E-state index < -0.39 is 6.10 Å². The Morgan fingerprint density at radius 1 is 1.43 bits per heavy atom. The number of rotatable bonds is 6. The first-order chi connectivity index (χ1) is 13.2. The van der Waals surface area contributed by atoms with Crippen molar-refractivity contribution in [2.75, 3.05) is 6.61 Å². The van der Waals surface area contributed by atoms with Crippen LogP contribution in [-0.4, -0.2) is 23.8 Å². The third-order valence-electron chi connectivity index (χ3n) is 8.43. The molecule has 156 valence electrons. The van der Waals surface area contributed by atoms with Crippen molar-refractivity contribution in [1.29, 1.82) is 0 Å². The molecule has 0 radical (unpaired) electrons. The molecular formula is C25H38O3. The van der Waals surface area contributed by atoms with Crippen LogP contribution in [0.25, 0.3) is 0 Å². The van der Waals surface area contributed by atoms with Crippen molar-refractivity contribution >= 4 is 5.97 Å². The lowest BCUT2D eigenvalue weighted by molar-refractivity contribution is -0.135. The van der Waals surface area contributed by atoms with Gasteiger partial charge in [-0.05, 0) is 81.0 Å². The molecule has 0 aromatic heterocycles. The summed E-state index contributed by atoms with van der Waals surface area (Å²) in [5.74, 6) is 1.13. The van der Waals surface area contributed by atoms with E-state index in [-0.39, 0.29) is 12.6 Å². The normalized spacial score (nSPS) is 37.3. The molecule has 3 aliphatic rings. The van der Waals surface area contributed by atoms with E-state index in [4.69, 9.17) is 4.74 Å². The maximum Gasteiger partial charge on any atom is 0.331 e. The zero-order valence-corrected chi connectivity index (χ0v) is 18.2. The van der Waals surface area contributed by atoms with Gasteiger partial charge in [0, 0.05) is 11.6 Å². The van der Waals surface area contributed by atoms with Gasteiger partial charge in [0.25, 0.3) is 0 Å². The lowest BCUT2D eigenvalue weighted by atomic mass is 9.46. The molecule has 2 aliphatic carbocycles. The lowest BCUT2D eigenvalue weighted by Crippen LogP contribution is -2.50. The van der Waals surface area contributed by atoms with Crippen LogP contribution in [0.5, 0.6) is 0 Å². The summed E-state index contributed by atoms with van der Waals surface area (Å²) in [4.78, 5) is 11.2. The number of hydrogen-bond donors (Lipinski definition) is 1. The van der Waals surface area contributed by atoms with Crippen LogP contribution in [0.2, 0.25) is 0 Å². The second kappa shape index (κ2) is 8.18. The number of cyclic esters (lactones) is 1. The minimum Gasteiger partial charge on any atom is -0.458 e. The van der Waals surface area contributed by atoms with Gasteiger partial charge in [-0.3, -0.25) is 0 Å². The van der Waals surface area contributed by atoms with Crippen molar-refractivity contribution in [2.24, 2.45) is 22.7 Å². The van der Waals surface area contributed by atoms with E-state index >= 15 is 0 Å². The number of aliphatic hydroxyl groups is 1. The van der Waals surface area contributed by atoms with Crippen LogP contribution in [0, 0.1) is 22.7 Å². The second-order valence-corrected chi connectivity index (χ2v) is 10.0. The Kier molecular flexibility index (Phi) is 6.24. The monoisotopic (exact) mass is 386 g/mol. The highest BCUT2D eigenvalue weighted by molar-refractivity contribution is 5.85. The number of carbonyl (C=O) groups excluding carboxylic acids is 1. The van der Waals surface area contributed by atoms with Crippen LogP contribution >= 0.6 is 0 Å². The van der Waals surface area contributed by atoms with E-state index in [1.165, 1.54) is 55.7 Å². The number of carbonyl (C=O) groups is 1. The van der Waals surface area contributed by atoms with E-state index in [1.807, 2.05) is 0 Å². The van der Waals surface area contributed by atoms with Crippen molar-refractivity contribution in [1.82, 2.24) is 0 Å². The van der Waals surface area contributed by atoms with Crippen LogP contribution in [0.4, 0.5) is 0 Å². The highest BCUT2D eigenvalue weighted by Gasteiger charge is 2.53. The van der Waals surface area contributed by atoms with Crippen LogP contribution in [0.3, 0.4) is 0 Å². The third-order valence-corrected chi connectivity index (χ3v) is 8.43. The topological polar surface area (TPSA) is 46.5 Å². The molecule has 2 saturated carbocycles. The van der Waals surface area contributed by atoms with Crippen molar-refractivity contribution in [2.45, 2.75) is 85.2 Å². The van der Waals surface area contributed by atoms with Gasteiger partial charge in [-0.25, -0.2) is 4.79 Å². The summed E-state index contributed by atoms with van der Waals surface area (Å²) < 4.78 is 4.89. The summed E-state index contributed by atoms with van der Waals surface area (Å²) in [7, 11) is 0. The molecule has 1 N–H and O–H groups in total. The van der Waals surface area contributed by atoms with Gasteiger partial charge in [0.15, 0.2) is 0 Å². The summed E-state index contributed by atoms with van der Waals surface area (Å²) in [6.45, 7) is 14.3. The van der Waals surface area contributed by atoms with Crippen molar-refractivity contribution in [3.8, 4) is 0 Å². The first-order valence-electron chi connectivity index (χ1n) is 11.1. The molecule has 3 rings (SSSR count). The van der Waals surface area contributed by atoms with Gasteiger partial charge in [0.2, 0.25) is 0 Å². The van der Waals surface area contributed by atoms with Crippen molar-refractivity contribution in [3.63, 3.8) is 0 Å². The molecule has 0 amide bonds. The Balaban J connectivity index is 1.63. The molecule has 2 fully saturated rings. The van der Waals surface area contributed by atoms with Gasteiger partial charge in [0.05, 0.1) is 6.10 Å². The molecule has 0 aromatic rings. The van der Waals surface area contributed by atoms with E-state index in [0.717, 1.165) is 18.3 Å². The Bertz CT molecular complexity index is 688. The SMILES string of the molecule is C=C1CCC[C@H]2[C@](C)(CC/C(C)=C/C[C@H](O)C3=CC(=O)OC3)[C@@H](C)CC[C@]12C. The number of esters is 1.